The van der Waals surface area contributed by atoms with Crippen LogP contribution in [0.15, 0.2) is 24.3 Å². The summed E-state index contributed by atoms with van der Waals surface area (Å²) in [7, 11) is 0. The van der Waals surface area contributed by atoms with Gasteiger partial charge in [0.05, 0.1) is 4.92 Å². The maximum Gasteiger partial charge on any atom is 0.269 e. The zero-order valence-electron chi connectivity index (χ0n) is 12.3. The predicted molar refractivity (Wildman–Crippen MR) is 79.9 cm³/mol. The molecule has 0 bridgehead atoms. The Labute approximate surface area is 120 Å². The largest absolute Gasteiger partial charge is 0.381 e. The minimum atomic E-state index is -0.376. The van der Waals surface area contributed by atoms with Gasteiger partial charge in [-0.15, -0.1) is 0 Å². The second-order valence-corrected chi connectivity index (χ2v) is 5.25. The van der Waals surface area contributed by atoms with E-state index in [1.165, 1.54) is 0 Å². The molecule has 0 aliphatic rings. The molecule has 20 heavy (non-hydrogen) atoms. The lowest BCUT2D eigenvalue weighted by Gasteiger charge is -2.07. The molecule has 0 atom stereocenters. The number of hydrogen-bond donors (Lipinski definition) is 1. The van der Waals surface area contributed by atoms with Gasteiger partial charge in [-0.2, -0.15) is 0 Å². The smallest absolute Gasteiger partial charge is 0.269 e. The van der Waals surface area contributed by atoms with Crippen LogP contribution >= 0.6 is 0 Å². The van der Waals surface area contributed by atoms with Gasteiger partial charge in [-0.05, 0) is 37.4 Å². The lowest BCUT2D eigenvalue weighted by molar-refractivity contribution is -0.384. The fourth-order valence-electron chi connectivity index (χ4n) is 1.76. The number of nitrogens with zero attached hydrogens (tertiary/aromatic N) is 1. The van der Waals surface area contributed by atoms with Gasteiger partial charge in [0.15, 0.2) is 0 Å². The average molecular weight is 280 g/mol. The summed E-state index contributed by atoms with van der Waals surface area (Å²) >= 11 is 0. The van der Waals surface area contributed by atoms with E-state index in [4.69, 9.17) is 4.74 Å². The maximum absolute atomic E-state index is 10.5. The topological polar surface area (TPSA) is 64.4 Å². The Hall–Kier alpha value is -1.46. The number of non-ortho nitro benzene ring substituents is 1. The SMILES string of the molecule is CC(C)COCCCNCCc1ccc([N+](=O)[O-])cc1. The number of hydrogen-bond acceptors (Lipinski definition) is 4. The van der Waals surface area contributed by atoms with Gasteiger partial charge in [0.2, 0.25) is 0 Å². The summed E-state index contributed by atoms with van der Waals surface area (Å²) in [6, 6.07) is 6.72. The van der Waals surface area contributed by atoms with Crippen LogP contribution in [0.2, 0.25) is 0 Å². The fraction of sp³-hybridized carbons (Fsp3) is 0.600. The van der Waals surface area contributed by atoms with Crippen LogP contribution in [0.4, 0.5) is 5.69 Å². The first-order valence-electron chi connectivity index (χ1n) is 7.11. The van der Waals surface area contributed by atoms with Crippen molar-refractivity contribution in [3.05, 3.63) is 39.9 Å². The molecule has 1 rings (SSSR count). The second kappa shape index (κ2) is 9.44. The molecule has 1 N–H and O–H groups in total. The van der Waals surface area contributed by atoms with E-state index >= 15 is 0 Å². The summed E-state index contributed by atoms with van der Waals surface area (Å²) in [6.07, 6.45) is 1.89. The van der Waals surface area contributed by atoms with Crippen molar-refractivity contribution in [3.63, 3.8) is 0 Å². The molecule has 0 unspecified atom stereocenters. The van der Waals surface area contributed by atoms with Gasteiger partial charge in [-0.25, -0.2) is 0 Å². The molecule has 0 saturated heterocycles. The van der Waals surface area contributed by atoms with Crippen LogP contribution in [-0.2, 0) is 11.2 Å². The van der Waals surface area contributed by atoms with E-state index in [9.17, 15) is 10.1 Å². The Morgan fingerprint density at radius 1 is 1.25 bits per heavy atom. The summed E-state index contributed by atoms with van der Waals surface area (Å²) in [4.78, 5) is 10.1. The first-order chi connectivity index (χ1) is 9.59. The third kappa shape index (κ3) is 7.21. The zero-order valence-corrected chi connectivity index (χ0v) is 12.3. The van der Waals surface area contributed by atoms with Gasteiger partial charge in [0.1, 0.15) is 0 Å². The monoisotopic (exact) mass is 280 g/mol. The van der Waals surface area contributed by atoms with Crippen molar-refractivity contribution in [2.75, 3.05) is 26.3 Å². The minimum absolute atomic E-state index is 0.143. The quantitative estimate of drug-likeness (QED) is 0.406. The van der Waals surface area contributed by atoms with E-state index in [0.29, 0.717) is 5.92 Å². The Bertz CT molecular complexity index is 391. The summed E-state index contributed by atoms with van der Waals surface area (Å²) in [5.41, 5.74) is 1.25. The van der Waals surface area contributed by atoms with Crippen LogP contribution in [0.25, 0.3) is 0 Å². The normalized spacial score (nSPS) is 10.9. The molecule has 5 nitrogen and oxygen atoms in total. The molecule has 0 fully saturated rings. The highest BCUT2D eigenvalue weighted by Crippen LogP contribution is 2.11. The number of nitro benzene ring substituents is 1. The van der Waals surface area contributed by atoms with Crippen molar-refractivity contribution in [1.29, 1.82) is 0 Å². The molecule has 0 heterocycles. The fourth-order valence-corrected chi connectivity index (χ4v) is 1.76. The third-order valence-corrected chi connectivity index (χ3v) is 2.83. The Morgan fingerprint density at radius 2 is 1.95 bits per heavy atom. The highest BCUT2D eigenvalue weighted by Gasteiger charge is 2.03. The number of ether oxygens (including phenoxy) is 1. The highest BCUT2D eigenvalue weighted by atomic mass is 16.6. The van der Waals surface area contributed by atoms with Crippen molar-refractivity contribution >= 4 is 5.69 Å². The number of nitrogens with one attached hydrogen (secondary N) is 1. The highest BCUT2D eigenvalue weighted by molar-refractivity contribution is 5.32. The van der Waals surface area contributed by atoms with Crippen LogP contribution in [0, 0.1) is 16.0 Å². The van der Waals surface area contributed by atoms with Crippen molar-refractivity contribution in [2.45, 2.75) is 26.7 Å². The third-order valence-electron chi connectivity index (χ3n) is 2.83. The van der Waals surface area contributed by atoms with Gasteiger partial charge >= 0.3 is 0 Å². The van der Waals surface area contributed by atoms with E-state index < -0.39 is 0 Å². The molecule has 0 aliphatic carbocycles. The molecule has 0 radical (unpaired) electrons. The van der Waals surface area contributed by atoms with Crippen LogP contribution < -0.4 is 5.32 Å². The van der Waals surface area contributed by atoms with Gasteiger partial charge in [-0.3, -0.25) is 10.1 Å². The van der Waals surface area contributed by atoms with Crippen molar-refractivity contribution < 1.29 is 9.66 Å². The van der Waals surface area contributed by atoms with Gasteiger partial charge in [-0.1, -0.05) is 26.0 Å². The second-order valence-electron chi connectivity index (χ2n) is 5.25. The van der Waals surface area contributed by atoms with E-state index in [1.54, 1.807) is 12.1 Å². The van der Waals surface area contributed by atoms with Crippen LogP contribution in [0.5, 0.6) is 0 Å². The van der Waals surface area contributed by atoms with Gasteiger partial charge in [0.25, 0.3) is 5.69 Å². The number of rotatable bonds is 10. The molecule has 0 spiro atoms. The average Bonchev–Trinajstić information content (AvgIpc) is 2.42. The zero-order chi connectivity index (χ0) is 14.8. The van der Waals surface area contributed by atoms with Crippen molar-refractivity contribution in [3.8, 4) is 0 Å². The molecule has 5 heteroatoms. The maximum atomic E-state index is 10.5. The molecular weight excluding hydrogens is 256 g/mol. The molecule has 1 aromatic carbocycles. The summed E-state index contributed by atoms with van der Waals surface area (Å²) in [6.45, 7) is 7.71. The first kappa shape index (κ1) is 16.6. The summed E-state index contributed by atoms with van der Waals surface area (Å²) < 4.78 is 5.49. The van der Waals surface area contributed by atoms with Crippen molar-refractivity contribution in [1.82, 2.24) is 5.32 Å². The van der Waals surface area contributed by atoms with Gasteiger partial charge in [0, 0.05) is 25.3 Å². The van der Waals surface area contributed by atoms with Gasteiger partial charge < -0.3 is 10.1 Å². The Kier molecular flexibility index (Phi) is 7.84. The van der Waals surface area contributed by atoms with E-state index in [2.05, 4.69) is 19.2 Å². The molecule has 0 aromatic heterocycles. The first-order valence-corrected chi connectivity index (χ1v) is 7.11. The standard InChI is InChI=1S/C15H24N2O3/c1-13(2)12-20-11-3-9-16-10-8-14-4-6-15(7-5-14)17(18)19/h4-7,13,16H,3,8-12H2,1-2H3. The minimum Gasteiger partial charge on any atom is -0.381 e. The molecular formula is C15H24N2O3. The van der Waals surface area contributed by atoms with E-state index in [1.807, 2.05) is 12.1 Å². The molecule has 1 aromatic rings. The van der Waals surface area contributed by atoms with E-state index in [0.717, 1.165) is 44.7 Å². The number of nitro groups is 1. The number of benzene rings is 1. The molecule has 0 aliphatic heterocycles. The Morgan fingerprint density at radius 3 is 2.55 bits per heavy atom. The van der Waals surface area contributed by atoms with Crippen molar-refractivity contribution in [2.24, 2.45) is 5.92 Å². The molecule has 0 amide bonds. The predicted octanol–water partition coefficient (Wildman–Crippen LogP) is 2.79. The van der Waals surface area contributed by atoms with Crippen LogP contribution in [0.3, 0.4) is 0 Å². The van der Waals surface area contributed by atoms with Crippen LogP contribution in [0.1, 0.15) is 25.8 Å². The summed E-state index contributed by atoms with van der Waals surface area (Å²) in [5.74, 6) is 0.588. The molecule has 0 saturated carbocycles. The summed E-state index contributed by atoms with van der Waals surface area (Å²) in [5, 5.41) is 13.9. The van der Waals surface area contributed by atoms with E-state index in [-0.39, 0.29) is 10.6 Å². The molecule has 112 valence electrons. The lowest BCUT2D eigenvalue weighted by Crippen LogP contribution is -2.20. The lowest BCUT2D eigenvalue weighted by atomic mass is 10.1. The Balaban J connectivity index is 2.05. The van der Waals surface area contributed by atoms with Crippen LogP contribution in [-0.4, -0.2) is 31.2 Å².